The Morgan fingerprint density at radius 3 is 2.68 bits per heavy atom. The molecule has 0 saturated heterocycles. The number of hydrogen-bond donors (Lipinski definition) is 2. The molecule has 0 bridgehead atoms. The fourth-order valence-electron chi connectivity index (χ4n) is 3.01. The maximum Gasteiger partial charge on any atom is 0.416 e. The summed E-state index contributed by atoms with van der Waals surface area (Å²) in [6.07, 6.45) is -2.27. The van der Waals surface area contributed by atoms with Gasteiger partial charge in [-0.1, -0.05) is 30.3 Å². The van der Waals surface area contributed by atoms with Gasteiger partial charge in [0.15, 0.2) is 0 Å². The lowest BCUT2D eigenvalue weighted by atomic mass is 10.1. The number of hydrogen-bond acceptors (Lipinski definition) is 6. The molecule has 2 heterocycles. The minimum atomic E-state index is -4.55. The molecule has 34 heavy (non-hydrogen) atoms. The van der Waals surface area contributed by atoms with Gasteiger partial charge in [0.05, 0.1) is 17.9 Å². The number of amidine groups is 1. The van der Waals surface area contributed by atoms with Crippen LogP contribution in [-0.4, -0.2) is 21.3 Å². The van der Waals surface area contributed by atoms with Crippen LogP contribution in [0.2, 0.25) is 0 Å². The third-order valence-corrected chi connectivity index (χ3v) is 4.55. The van der Waals surface area contributed by atoms with Gasteiger partial charge >= 0.3 is 12.1 Å². The van der Waals surface area contributed by atoms with Crippen molar-refractivity contribution >= 4 is 17.6 Å². The third-order valence-electron chi connectivity index (χ3n) is 4.55. The summed E-state index contributed by atoms with van der Waals surface area (Å²) in [5, 5.41) is 18.0. The fourth-order valence-corrected chi connectivity index (χ4v) is 3.01. The van der Waals surface area contributed by atoms with Crippen molar-refractivity contribution in [2.24, 2.45) is 4.99 Å². The molecule has 174 valence electrons. The number of halogens is 4. The van der Waals surface area contributed by atoms with Gasteiger partial charge in [-0.15, -0.1) is 0 Å². The monoisotopic (exact) mass is 474 g/mol. The Morgan fingerprint density at radius 1 is 1.21 bits per heavy atom. The molecule has 0 aliphatic carbocycles. The number of nitrogens with one attached hydrogen (secondary N) is 2. The zero-order valence-corrected chi connectivity index (χ0v) is 17.0. The molecule has 0 atom stereocenters. The van der Waals surface area contributed by atoms with Gasteiger partial charge in [0.2, 0.25) is 17.8 Å². The van der Waals surface area contributed by atoms with Crippen molar-refractivity contribution in [1.29, 1.82) is 0 Å². The molecule has 0 unspecified atom stereocenters. The van der Waals surface area contributed by atoms with E-state index in [0.29, 0.717) is 11.1 Å². The van der Waals surface area contributed by atoms with Crippen molar-refractivity contribution in [3.05, 3.63) is 88.5 Å². The molecular weight excluding hydrogens is 460 g/mol. The number of rotatable bonds is 5. The minimum Gasteiger partial charge on any atom is -0.846 e. The predicted molar refractivity (Wildman–Crippen MR) is 108 cm³/mol. The largest absolute Gasteiger partial charge is 0.846 e. The molecule has 0 aliphatic heterocycles. The van der Waals surface area contributed by atoms with Crippen molar-refractivity contribution in [3.8, 4) is 11.1 Å². The van der Waals surface area contributed by atoms with Gasteiger partial charge in [0.25, 0.3) is 11.8 Å². The molecule has 0 aliphatic rings. The summed E-state index contributed by atoms with van der Waals surface area (Å²) in [4.78, 5) is 21.2. The van der Waals surface area contributed by atoms with E-state index in [2.05, 4.69) is 25.5 Å². The van der Waals surface area contributed by atoms with Crippen LogP contribution in [0.15, 0.2) is 75.4 Å². The second-order valence-corrected chi connectivity index (χ2v) is 6.95. The molecule has 0 amide bonds. The first-order chi connectivity index (χ1) is 16.2. The second kappa shape index (κ2) is 9.13. The molecule has 9 nitrogen and oxygen atoms in total. The van der Waals surface area contributed by atoms with E-state index in [1.165, 1.54) is 16.9 Å². The molecule has 0 spiro atoms. The predicted octanol–water partition coefficient (Wildman–Crippen LogP) is 2.38. The topological polar surface area (TPSA) is 123 Å². The highest BCUT2D eigenvalue weighted by atomic mass is 19.4. The lowest BCUT2D eigenvalue weighted by Crippen LogP contribution is -2.35. The van der Waals surface area contributed by atoms with Crippen LogP contribution in [0.1, 0.15) is 11.1 Å². The molecule has 2 aromatic heterocycles. The summed E-state index contributed by atoms with van der Waals surface area (Å²) in [5.41, 5.74) is -0.744. The van der Waals surface area contributed by atoms with E-state index in [1.807, 2.05) is 0 Å². The summed E-state index contributed by atoms with van der Waals surface area (Å²) in [7, 11) is 0. The average molecular weight is 474 g/mol. The lowest BCUT2D eigenvalue weighted by molar-refractivity contribution is -0.754. The average Bonchev–Trinajstić information content (AvgIpc) is 3.21. The van der Waals surface area contributed by atoms with Crippen molar-refractivity contribution in [3.63, 3.8) is 0 Å². The molecule has 2 N–H and O–H groups in total. The molecule has 0 fully saturated rings. The number of nitrogens with zero attached hydrogens (tertiary/aromatic N) is 4. The summed E-state index contributed by atoms with van der Waals surface area (Å²) in [5.74, 6) is -1.07. The lowest BCUT2D eigenvalue weighted by Gasteiger charge is -2.14. The van der Waals surface area contributed by atoms with Crippen LogP contribution >= 0.6 is 0 Å². The van der Waals surface area contributed by atoms with Crippen LogP contribution in [0, 0.1) is 5.95 Å². The van der Waals surface area contributed by atoms with E-state index in [4.69, 9.17) is 4.52 Å². The second-order valence-electron chi connectivity index (χ2n) is 6.95. The highest BCUT2D eigenvalue weighted by Crippen LogP contribution is 2.30. The molecular formula is C21H14F4N6O3. The summed E-state index contributed by atoms with van der Waals surface area (Å²) in [6.45, 7) is 0.195. The molecule has 0 radical (unpaired) electrons. The van der Waals surface area contributed by atoms with E-state index in [-0.39, 0.29) is 23.7 Å². The van der Waals surface area contributed by atoms with Crippen LogP contribution in [0.25, 0.3) is 11.1 Å². The van der Waals surface area contributed by atoms with Crippen molar-refractivity contribution in [2.45, 2.75) is 12.7 Å². The highest BCUT2D eigenvalue weighted by Gasteiger charge is 2.30. The third kappa shape index (κ3) is 5.26. The Morgan fingerprint density at radius 2 is 1.97 bits per heavy atom. The van der Waals surface area contributed by atoms with Gasteiger partial charge in [0, 0.05) is 11.3 Å². The number of alkyl halides is 3. The van der Waals surface area contributed by atoms with Crippen LogP contribution in [0.3, 0.4) is 0 Å². The molecule has 0 saturated carbocycles. The van der Waals surface area contributed by atoms with Crippen LogP contribution in [0.4, 0.5) is 29.1 Å². The summed E-state index contributed by atoms with van der Waals surface area (Å²) >= 11 is 0. The maximum atomic E-state index is 13.8. The zero-order chi connectivity index (χ0) is 24.3. The highest BCUT2D eigenvalue weighted by molar-refractivity contribution is 5.87. The van der Waals surface area contributed by atoms with Crippen molar-refractivity contribution in [2.75, 3.05) is 5.32 Å². The van der Waals surface area contributed by atoms with Gasteiger partial charge in [0.1, 0.15) is 5.56 Å². The Bertz CT molecular complexity index is 1400. The molecule has 2 aromatic carbocycles. The van der Waals surface area contributed by atoms with Gasteiger partial charge in [-0.25, -0.2) is 9.98 Å². The van der Waals surface area contributed by atoms with E-state index in [0.717, 1.165) is 24.5 Å². The van der Waals surface area contributed by atoms with Gasteiger partial charge in [-0.05, 0) is 28.4 Å². The van der Waals surface area contributed by atoms with Gasteiger partial charge in [-0.2, -0.15) is 17.6 Å². The van der Waals surface area contributed by atoms with E-state index < -0.39 is 29.3 Å². The van der Waals surface area contributed by atoms with Crippen LogP contribution in [-0.2, 0) is 12.7 Å². The maximum absolute atomic E-state index is 13.8. The number of anilines is 1. The normalized spacial score (nSPS) is 12.1. The zero-order valence-electron chi connectivity index (χ0n) is 17.0. The molecule has 13 heteroatoms. The van der Waals surface area contributed by atoms with Crippen LogP contribution in [0.5, 0.6) is 0 Å². The number of H-pyrrole nitrogens is 1. The Balaban J connectivity index is 1.43. The smallest absolute Gasteiger partial charge is 0.416 e. The van der Waals surface area contributed by atoms with Gasteiger partial charge < -0.3 is 15.4 Å². The first-order valence-corrected chi connectivity index (χ1v) is 9.58. The standard InChI is InChI=1S/C21H14F4N6O3/c22-18-17(19(32)27-11-26-18)13-6-4-12(5-7-13)9-31-10-16(34-30-31)29-20(33)28-15-3-1-2-14(8-15)21(23,24)25/h1-8,10-11H,9H2,(H2-,26,27,28,29,30,32,33). The van der Waals surface area contributed by atoms with E-state index in [9.17, 15) is 27.5 Å². The molecule has 4 rings (SSSR count). The first kappa shape index (κ1) is 22.6. The molecule has 4 aromatic rings. The van der Waals surface area contributed by atoms with Crippen LogP contribution < -0.4 is 20.7 Å². The number of benzene rings is 2. The van der Waals surface area contributed by atoms with E-state index in [1.54, 1.807) is 24.3 Å². The Kier molecular flexibility index (Phi) is 6.08. The SMILES string of the molecule is O=c1[nH]cnc(F)c1-c1ccc(C[n+]2cc(N=C([O-])Nc3cccc(C(F)(F)F)c3)on2)cc1. The van der Waals surface area contributed by atoms with E-state index >= 15 is 0 Å². The Labute approximate surface area is 188 Å². The number of aliphatic imine (C=N–C) groups is 1. The van der Waals surface area contributed by atoms with Gasteiger partial charge in [-0.3, -0.25) is 9.32 Å². The van der Waals surface area contributed by atoms with Crippen molar-refractivity contribution < 1.29 is 31.9 Å². The first-order valence-electron chi connectivity index (χ1n) is 9.58. The fraction of sp³-hybridized carbons (Fsp3) is 0.0952. The summed E-state index contributed by atoms with van der Waals surface area (Å²) < 4.78 is 58.5. The summed E-state index contributed by atoms with van der Waals surface area (Å²) in [6, 6.07) is 9.52. The van der Waals surface area contributed by atoms with Crippen molar-refractivity contribution in [1.82, 2.24) is 15.2 Å². The minimum absolute atomic E-state index is 0.0834. The number of aromatic nitrogens is 4. The Hall–Kier alpha value is -4.55. The quantitative estimate of drug-likeness (QED) is 0.151. The number of aromatic amines is 1.